The molecule has 4 fully saturated rings. The van der Waals surface area contributed by atoms with Crippen LogP contribution in [0.5, 0.6) is 0 Å². The van der Waals surface area contributed by atoms with Crippen LogP contribution in [0.4, 0.5) is 0 Å². The fourth-order valence-electron chi connectivity index (χ4n) is 13.7. The lowest BCUT2D eigenvalue weighted by atomic mass is 9.40. The minimum absolute atomic E-state index is 0.0130. The summed E-state index contributed by atoms with van der Waals surface area (Å²) < 4.78 is 20.5. The van der Waals surface area contributed by atoms with Crippen molar-refractivity contribution in [3.05, 3.63) is 47.0 Å². The summed E-state index contributed by atoms with van der Waals surface area (Å²) in [7, 11) is 0. The van der Waals surface area contributed by atoms with Gasteiger partial charge < -0.3 is 34.6 Å². The van der Waals surface area contributed by atoms with E-state index in [1.807, 2.05) is 25.1 Å². The molecule has 17 atom stereocenters. The maximum atomic E-state index is 15.0. The molecule has 1 spiro atoms. The predicted octanol–water partition coefficient (Wildman–Crippen LogP) is 4.58. The first-order valence-corrected chi connectivity index (χ1v) is 20.3. The van der Waals surface area contributed by atoms with E-state index in [0.717, 1.165) is 42.4 Å². The number of carbonyl (C=O) groups is 1. The Bertz CT molecular complexity index is 1800. The Balaban J connectivity index is 1.25. The molecule has 0 amide bonds. The van der Waals surface area contributed by atoms with Gasteiger partial charge in [-0.05, 0) is 104 Å². The average Bonchev–Trinajstić information content (AvgIpc) is 3.63. The highest BCUT2D eigenvalue weighted by atomic mass is 16.5. The van der Waals surface area contributed by atoms with Crippen molar-refractivity contribution >= 4 is 5.78 Å². The molecule has 53 heavy (non-hydrogen) atoms. The summed E-state index contributed by atoms with van der Waals surface area (Å²) in [6.45, 7) is 8.58. The number of fused-ring (bicyclic) bond motifs is 3. The van der Waals surface area contributed by atoms with E-state index in [2.05, 4.69) is 49.7 Å². The largest absolute Gasteiger partial charge is 0.396 e. The maximum absolute atomic E-state index is 15.0. The monoisotopic (exact) mass is 724 g/mol. The van der Waals surface area contributed by atoms with Gasteiger partial charge in [0.1, 0.15) is 24.4 Å². The predicted molar refractivity (Wildman–Crippen MR) is 197 cm³/mol. The second kappa shape index (κ2) is 12.8. The van der Waals surface area contributed by atoms with Crippen LogP contribution in [0.15, 0.2) is 41.5 Å². The number of Topliss-reactive ketones (excluding diaryl/α,β-unsaturated/α-hetero) is 1. The van der Waals surface area contributed by atoms with Crippen LogP contribution < -0.4 is 0 Å². The third kappa shape index (κ3) is 4.92. The normalized spacial score (nSPS) is 51.3. The van der Waals surface area contributed by atoms with Gasteiger partial charge in [-0.2, -0.15) is 0 Å². The van der Waals surface area contributed by atoms with Gasteiger partial charge in [-0.25, -0.2) is 0 Å². The fourth-order valence-corrected chi connectivity index (χ4v) is 13.7. The van der Waals surface area contributed by atoms with Crippen molar-refractivity contribution in [3.63, 3.8) is 0 Å². The second-order valence-corrected chi connectivity index (χ2v) is 18.6. The topological polar surface area (TPSA) is 126 Å². The number of benzene rings is 1. The number of allylic oxidation sites excluding steroid dienone is 1. The minimum atomic E-state index is -1.65. The van der Waals surface area contributed by atoms with Crippen molar-refractivity contribution in [1.82, 2.24) is 0 Å². The quantitative estimate of drug-likeness (QED) is 0.327. The van der Waals surface area contributed by atoms with Gasteiger partial charge in [0, 0.05) is 30.3 Å². The lowest BCUT2D eigenvalue weighted by Crippen LogP contribution is -2.69. The van der Waals surface area contributed by atoms with E-state index in [1.165, 1.54) is 0 Å². The molecule has 3 saturated carbocycles. The summed E-state index contributed by atoms with van der Waals surface area (Å²) in [5, 5.41) is 47.2. The zero-order valence-electron chi connectivity index (χ0n) is 31.6. The van der Waals surface area contributed by atoms with E-state index < -0.39 is 52.9 Å². The van der Waals surface area contributed by atoms with Crippen molar-refractivity contribution < 1.29 is 39.4 Å². The van der Waals surface area contributed by atoms with E-state index in [0.29, 0.717) is 32.3 Å². The van der Waals surface area contributed by atoms with Gasteiger partial charge in [-0.3, -0.25) is 4.79 Å². The summed E-state index contributed by atoms with van der Waals surface area (Å²) in [4.78, 5) is 15.0. The molecule has 1 saturated heterocycles. The van der Waals surface area contributed by atoms with Crippen LogP contribution in [0.1, 0.15) is 90.5 Å². The Morgan fingerprint density at radius 2 is 1.74 bits per heavy atom. The highest BCUT2D eigenvalue weighted by Crippen LogP contribution is 2.76. The Labute approximate surface area is 314 Å². The summed E-state index contributed by atoms with van der Waals surface area (Å²) in [5.74, 6) is 12.2. The molecule has 10 aliphatic rings. The SMILES string of the molecule is CC1C(CO)C2OC1C(O)C#CCC1CC3C4=C5CCC6CC(C(C)(O)C2O)C1(C)C46OCC#CC(c1ccccc1)COC1CCC3(C)C(C1)C5=O. The molecule has 8 nitrogen and oxygen atoms in total. The Hall–Kier alpha value is -2.53. The molecule has 5 aliphatic heterocycles. The van der Waals surface area contributed by atoms with Gasteiger partial charge in [0.05, 0.1) is 36.4 Å². The summed E-state index contributed by atoms with van der Waals surface area (Å²) >= 11 is 0. The number of hydrogen-bond donors (Lipinski definition) is 4. The van der Waals surface area contributed by atoms with E-state index in [4.69, 9.17) is 14.2 Å². The molecule has 4 N–H and O–H groups in total. The molecule has 0 radical (unpaired) electrons. The number of rotatable bonds is 2. The van der Waals surface area contributed by atoms with Gasteiger partial charge in [0.15, 0.2) is 5.78 Å². The zero-order valence-corrected chi connectivity index (χ0v) is 31.6. The summed E-state index contributed by atoms with van der Waals surface area (Å²) in [6.07, 6.45) is 1.68. The van der Waals surface area contributed by atoms with Gasteiger partial charge in [0.25, 0.3) is 0 Å². The third-order valence-electron chi connectivity index (χ3n) is 16.5. The van der Waals surface area contributed by atoms with E-state index in [9.17, 15) is 20.4 Å². The van der Waals surface area contributed by atoms with E-state index in [1.54, 1.807) is 6.92 Å². The number of carbonyl (C=O) groups excluding carboxylic acids is 1. The molecule has 17 unspecified atom stereocenters. The minimum Gasteiger partial charge on any atom is -0.396 e. The molecule has 1 aromatic carbocycles. The van der Waals surface area contributed by atoms with Crippen molar-refractivity contribution in [3.8, 4) is 23.7 Å². The molecular weight excluding hydrogens is 668 g/mol. The Morgan fingerprint density at radius 3 is 2.51 bits per heavy atom. The average molecular weight is 725 g/mol. The Morgan fingerprint density at radius 1 is 0.943 bits per heavy atom. The van der Waals surface area contributed by atoms with Crippen LogP contribution in [0, 0.1) is 75.9 Å². The summed E-state index contributed by atoms with van der Waals surface area (Å²) in [6, 6.07) is 10.2. The number of hydrogen-bond acceptors (Lipinski definition) is 8. The molecule has 5 heterocycles. The van der Waals surface area contributed by atoms with E-state index >= 15 is 4.79 Å². The third-order valence-corrected chi connectivity index (χ3v) is 16.5. The molecule has 0 aromatic heterocycles. The number of ether oxygens (including phenoxy) is 3. The smallest absolute Gasteiger partial charge is 0.162 e. The first kappa shape index (κ1) is 36.1. The zero-order chi connectivity index (χ0) is 37.1. The lowest BCUT2D eigenvalue weighted by Gasteiger charge is -2.67. The fraction of sp³-hybridized carbons (Fsp3) is 0.711. The molecular formula is C45H56O8. The van der Waals surface area contributed by atoms with Crippen molar-refractivity contribution in [1.29, 1.82) is 0 Å². The lowest BCUT2D eigenvalue weighted by molar-refractivity contribution is -0.226. The van der Waals surface area contributed by atoms with Crippen molar-refractivity contribution in [2.24, 2.45) is 52.3 Å². The molecule has 8 heteroatoms. The highest BCUT2D eigenvalue weighted by Gasteiger charge is 2.77. The molecule has 1 aromatic rings. The van der Waals surface area contributed by atoms with Gasteiger partial charge in [-0.15, -0.1) is 5.92 Å². The van der Waals surface area contributed by atoms with Gasteiger partial charge in [-0.1, -0.05) is 68.9 Å². The van der Waals surface area contributed by atoms with Crippen LogP contribution in [0.2, 0.25) is 0 Å². The molecule has 5 aliphatic carbocycles. The van der Waals surface area contributed by atoms with Gasteiger partial charge >= 0.3 is 0 Å². The standard InChI is InChI=1S/C45H56O8/c1-25-32(23-46)40-41(49)44(4,50)36-21-29-15-16-31-37-33-20-28(13-8-14-35(47)39(25)53-40)43(36,3)45(29,37)52-19-9-12-27(26-10-6-5-7-11-26)24-51-30-17-18-42(33,2)34(22-30)38(31)48/h5-7,10-11,25,27-30,32-36,39-41,46-47,49-50H,13,15-24H2,1-4H3. The van der Waals surface area contributed by atoms with Crippen molar-refractivity contribution in [2.75, 3.05) is 19.8 Å². The van der Waals surface area contributed by atoms with E-state index in [-0.39, 0.29) is 66.0 Å². The van der Waals surface area contributed by atoms with Crippen LogP contribution in [-0.2, 0) is 19.0 Å². The number of aliphatic hydroxyl groups excluding tert-OH is 3. The highest BCUT2D eigenvalue weighted by molar-refractivity contribution is 6.00. The molecule has 9 bridgehead atoms. The molecule has 11 rings (SSSR count). The molecule has 284 valence electrons. The first-order valence-electron chi connectivity index (χ1n) is 20.3. The maximum Gasteiger partial charge on any atom is 0.162 e. The number of aliphatic hydroxyl groups is 4. The van der Waals surface area contributed by atoms with Crippen LogP contribution >= 0.6 is 0 Å². The van der Waals surface area contributed by atoms with Crippen LogP contribution in [0.25, 0.3) is 0 Å². The number of ketones is 1. The van der Waals surface area contributed by atoms with Gasteiger partial charge in [0.2, 0.25) is 0 Å². The van der Waals surface area contributed by atoms with Crippen LogP contribution in [0.3, 0.4) is 0 Å². The summed E-state index contributed by atoms with van der Waals surface area (Å²) in [5.41, 5.74) is -0.449. The first-order chi connectivity index (χ1) is 25.4. The second-order valence-electron chi connectivity index (χ2n) is 18.6. The van der Waals surface area contributed by atoms with Crippen LogP contribution in [-0.4, -0.2) is 87.8 Å². The van der Waals surface area contributed by atoms with Crippen molar-refractivity contribution in [2.45, 2.75) is 127 Å². The Kier molecular flexibility index (Phi) is 8.69.